The fraction of sp³-hybridized carbons (Fsp3) is 0.120. The van der Waals surface area contributed by atoms with E-state index in [2.05, 4.69) is 25.7 Å². The van der Waals surface area contributed by atoms with Crippen LogP contribution in [-0.2, 0) is 13.1 Å². The summed E-state index contributed by atoms with van der Waals surface area (Å²) in [6, 6.07) is 15.0. The van der Waals surface area contributed by atoms with E-state index in [1.807, 2.05) is 0 Å². The summed E-state index contributed by atoms with van der Waals surface area (Å²) in [6.45, 7) is 1.76. The number of rotatable bonds is 7. The summed E-state index contributed by atoms with van der Waals surface area (Å²) in [5.41, 5.74) is 3.37. The molecule has 0 aliphatic rings. The highest BCUT2D eigenvalue weighted by atomic mass is 16.4. The number of carbonyl (C=O) groups excluding carboxylic acids is 3. The van der Waals surface area contributed by atoms with Crippen LogP contribution in [-0.4, -0.2) is 37.2 Å². The van der Waals surface area contributed by atoms with Crippen molar-refractivity contribution in [2.75, 3.05) is 0 Å². The van der Waals surface area contributed by atoms with Gasteiger partial charge in [0, 0.05) is 30.8 Å². The summed E-state index contributed by atoms with van der Waals surface area (Å²) in [6.07, 6.45) is 1.48. The molecule has 0 aliphatic carbocycles. The van der Waals surface area contributed by atoms with E-state index in [4.69, 9.17) is 4.42 Å². The van der Waals surface area contributed by atoms with Crippen LogP contribution < -0.4 is 16.4 Å². The largest absolute Gasteiger partial charge is 0.417 e. The molecular weight excluding hydrogens is 464 g/mol. The molecule has 0 saturated carbocycles. The summed E-state index contributed by atoms with van der Waals surface area (Å²) < 4.78 is 6.32. The van der Waals surface area contributed by atoms with Crippen molar-refractivity contribution in [2.24, 2.45) is 0 Å². The zero-order valence-electron chi connectivity index (χ0n) is 19.1. The molecule has 36 heavy (non-hydrogen) atoms. The standard InChI is InChI=1S/C25H20N6O5/c1-14(32)17-5-3-2-4-16(17)13-27-24(34)20-11-19(29-22-8-9-28-31(20)22)23(33)26-12-15-6-7-21-18(10-15)30-25(35)36-21/h2-11H,12-13H2,1H3,(H,26,33)(H,27,34)(H,30,35). The summed E-state index contributed by atoms with van der Waals surface area (Å²) >= 11 is 0. The van der Waals surface area contributed by atoms with E-state index in [1.54, 1.807) is 48.5 Å². The minimum absolute atomic E-state index is 0.0371. The van der Waals surface area contributed by atoms with Gasteiger partial charge in [-0.05, 0) is 30.2 Å². The van der Waals surface area contributed by atoms with Crippen molar-refractivity contribution in [3.63, 3.8) is 0 Å². The third-order valence-electron chi connectivity index (χ3n) is 5.60. The number of oxazole rings is 1. The lowest BCUT2D eigenvalue weighted by Gasteiger charge is -2.11. The number of nitrogens with zero attached hydrogens (tertiary/aromatic N) is 3. The molecule has 180 valence electrons. The number of benzene rings is 2. The molecule has 2 aromatic carbocycles. The Labute approximate surface area is 203 Å². The lowest BCUT2D eigenvalue weighted by molar-refractivity contribution is 0.0938. The quantitative estimate of drug-likeness (QED) is 0.300. The summed E-state index contributed by atoms with van der Waals surface area (Å²) in [4.78, 5) is 56.0. The maximum atomic E-state index is 13.0. The van der Waals surface area contributed by atoms with Gasteiger partial charge in [-0.2, -0.15) is 5.10 Å². The van der Waals surface area contributed by atoms with E-state index >= 15 is 0 Å². The van der Waals surface area contributed by atoms with Crippen molar-refractivity contribution < 1.29 is 18.8 Å². The fourth-order valence-corrected chi connectivity index (χ4v) is 3.86. The molecule has 5 rings (SSSR count). The molecule has 0 radical (unpaired) electrons. The molecule has 2 amide bonds. The first-order chi connectivity index (χ1) is 17.4. The van der Waals surface area contributed by atoms with Crippen LogP contribution >= 0.6 is 0 Å². The zero-order chi connectivity index (χ0) is 25.2. The number of H-pyrrole nitrogens is 1. The fourth-order valence-electron chi connectivity index (χ4n) is 3.86. The van der Waals surface area contributed by atoms with E-state index in [0.717, 1.165) is 5.56 Å². The van der Waals surface area contributed by atoms with Crippen molar-refractivity contribution in [1.29, 1.82) is 0 Å². The number of fused-ring (bicyclic) bond motifs is 2. The van der Waals surface area contributed by atoms with Crippen LogP contribution in [0.3, 0.4) is 0 Å². The topological polar surface area (TPSA) is 151 Å². The average molecular weight is 484 g/mol. The molecule has 0 saturated heterocycles. The van der Waals surface area contributed by atoms with Crippen molar-refractivity contribution in [3.05, 3.63) is 99.4 Å². The second-order valence-electron chi connectivity index (χ2n) is 8.05. The maximum absolute atomic E-state index is 13.0. The highest BCUT2D eigenvalue weighted by molar-refractivity contribution is 5.99. The van der Waals surface area contributed by atoms with Crippen molar-refractivity contribution in [1.82, 2.24) is 30.2 Å². The number of carbonyl (C=O) groups is 3. The highest BCUT2D eigenvalue weighted by Crippen LogP contribution is 2.14. The Balaban J connectivity index is 1.34. The minimum Gasteiger partial charge on any atom is -0.408 e. The number of Topliss-reactive ketones (excluding diaryl/α,β-unsaturated/α-hetero) is 1. The van der Waals surface area contributed by atoms with E-state index in [-0.39, 0.29) is 30.3 Å². The van der Waals surface area contributed by atoms with Crippen LogP contribution in [0.4, 0.5) is 0 Å². The summed E-state index contributed by atoms with van der Waals surface area (Å²) in [5, 5.41) is 9.69. The number of ketones is 1. The highest BCUT2D eigenvalue weighted by Gasteiger charge is 2.18. The van der Waals surface area contributed by atoms with Gasteiger partial charge >= 0.3 is 5.76 Å². The Morgan fingerprint density at radius 1 is 1.00 bits per heavy atom. The first-order valence-electron chi connectivity index (χ1n) is 11.0. The van der Waals surface area contributed by atoms with Gasteiger partial charge in [0.1, 0.15) is 11.4 Å². The molecule has 3 heterocycles. The lowest BCUT2D eigenvalue weighted by Crippen LogP contribution is -2.28. The number of aromatic nitrogens is 4. The monoisotopic (exact) mass is 484 g/mol. The molecule has 5 aromatic rings. The SMILES string of the molecule is CC(=O)c1ccccc1CNC(=O)c1cc(C(=O)NCc2ccc3oc(=O)[nH]c3c2)nc2ccnn12. The molecule has 0 fully saturated rings. The van der Waals surface area contributed by atoms with Gasteiger partial charge in [0.25, 0.3) is 11.8 Å². The van der Waals surface area contributed by atoms with Crippen LogP contribution in [0.15, 0.2) is 70.0 Å². The number of amides is 2. The second-order valence-corrected chi connectivity index (χ2v) is 8.05. The van der Waals surface area contributed by atoms with Gasteiger partial charge in [-0.25, -0.2) is 14.3 Å². The van der Waals surface area contributed by atoms with Gasteiger partial charge in [0.15, 0.2) is 17.0 Å². The summed E-state index contributed by atoms with van der Waals surface area (Å²) in [5.74, 6) is -1.63. The molecule has 3 N–H and O–H groups in total. The molecule has 3 aromatic heterocycles. The Morgan fingerprint density at radius 3 is 2.64 bits per heavy atom. The number of aromatic amines is 1. The molecule has 11 nitrogen and oxygen atoms in total. The van der Waals surface area contributed by atoms with E-state index in [0.29, 0.717) is 27.9 Å². The Bertz CT molecular complexity index is 1700. The van der Waals surface area contributed by atoms with Crippen molar-refractivity contribution >= 4 is 34.3 Å². The molecule has 0 aliphatic heterocycles. The molecule has 0 spiro atoms. The van der Waals surface area contributed by atoms with Crippen LogP contribution in [0, 0.1) is 0 Å². The summed E-state index contributed by atoms with van der Waals surface area (Å²) in [7, 11) is 0. The third-order valence-corrected chi connectivity index (χ3v) is 5.60. The maximum Gasteiger partial charge on any atom is 0.417 e. The normalized spacial score (nSPS) is 11.0. The first kappa shape index (κ1) is 22.7. The second kappa shape index (κ2) is 9.29. The van der Waals surface area contributed by atoms with Crippen LogP contribution in [0.1, 0.15) is 49.4 Å². The molecule has 0 bridgehead atoms. The predicted octanol–water partition coefficient (Wildman–Crippen LogP) is 2.23. The van der Waals surface area contributed by atoms with E-state index in [1.165, 1.54) is 23.7 Å². The van der Waals surface area contributed by atoms with Gasteiger partial charge in [0.05, 0.1) is 11.7 Å². The molecule has 0 unspecified atom stereocenters. The van der Waals surface area contributed by atoms with Gasteiger partial charge in [-0.1, -0.05) is 30.3 Å². The Morgan fingerprint density at radius 2 is 1.81 bits per heavy atom. The third kappa shape index (κ3) is 4.49. The predicted molar refractivity (Wildman–Crippen MR) is 129 cm³/mol. The van der Waals surface area contributed by atoms with E-state index < -0.39 is 17.6 Å². The zero-order valence-corrected chi connectivity index (χ0v) is 19.1. The van der Waals surface area contributed by atoms with Crippen LogP contribution in [0.25, 0.3) is 16.7 Å². The Hall–Kier alpha value is -5.06. The first-order valence-corrected chi connectivity index (χ1v) is 11.0. The van der Waals surface area contributed by atoms with Crippen molar-refractivity contribution in [2.45, 2.75) is 20.0 Å². The van der Waals surface area contributed by atoms with Crippen molar-refractivity contribution in [3.8, 4) is 0 Å². The van der Waals surface area contributed by atoms with Crippen LogP contribution in [0.2, 0.25) is 0 Å². The van der Waals surface area contributed by atoms with Gasteiger partial charge in [-0.3, -0.25) is 19.4 Å². The smallest absolute Gasteiger partial charge is 0.408 e. The minimum atomic E-state index is -0.555. The van der Waals surface area contributed by atoms with Crippen LogP contribution in [0.5, 0.6) is 0 Å². The number of hydrogen-bond acceptors (Lipinski definition) is 7. The number of nitrogens with one attached hydrogen (secondary N) is 3. The Kier molecular flexibility index (Phi) is 5.87. The lowest BCUT2D eigenvalue weighted by atomic mass is 10.0. The molecule has 11 heteroatoms. The van der Waals surface area contributed by atoms with Gasteiger partial charge < -0.3 is 15.1 Å². The average Bonchev–Trinajstić information content (AvgIpc) is 3.50. The van der Waals surface area contributed by atoms with E-state index in [9.17, 15) is 19.2 Å². The van der Waals surface area contributed by atoms with Gasteiger partial charge in [-0.15, -0.1) is 0 Å². The van der Waals surface area contributed by atoms with Gasteiger partial charge in [0.2, 0.25) is 0 Å². The molecular formula is C25H20N6O5. The molecule has 0 atom stereocenters. The number of hydrogen-bond donors (Lipinski definition) is 3.